The van der Waals surface area contributed by atoms with Crippen molar-refractivity contribution in [3.8, 4) is 0 Å². The van der Waals surface area contributed by atoms with E-state index in [1.807, 2.05) is 18.6 Å². The highest BCUT2D eigenvalue weighted by molar-refractivity contribution is 7.09. The van der Waals surface area contributed by atoms with Crippen molar-refractivity contribution in [2.75, 3.05) is 20.3 Å². The molecular weight excluding hydrogens is 184 g/mol. The Hall–Kier alpha value is -0.450. The topological polar surface area (TPSA) is 34.2 Å². The number of aromatic nitrogens is 1. The maximum absolute atomic E-state index is 5.37. The third kappa shape index (κ3) is 1.90. The molecule has 0 spiro atoms. The molecule has 1 aromatic heterocycles. The summed E-state index contributed by atoms with van der Waals surface area (Å²) in [7, 11) is 1.99. The molecule has 3 nitrogen and oxygen atoms in total. The molecule has 1 saturated heterocycles. The van der Waals surface area contributed by atoms with Crippen LogP contribution in [-0.2, 0) is 4.74 Å². The quantitative estimate of drug-likeness (QED) is 0.798. The van der Waals surface area contributed by atoms with Crippen LogP contribution in [0.2, 0.25) is 0 Å². The van der Waals surface area contributed by atoms with Gasteiger partial charge in [-0.15, -0.1) is 11.3 Å². The Morgan fingerprint density at radius 3 is 3.23 bits per heavy atom. The van der Waals surface area contributed by atoms with Crippen LogP contribution in [0.15, 0.2) is 11.6 Å². The molecule has 13 heavy (non-hydrogen) atoms. The Morgan fingerprint density at radius 1 is 1.77 bits per heavy atom. The lowest BCUT2D eigenvalue weighted by molar-refractivity contribution is 0.177. The monoisotopic (exact) mass is 198 g/mol. The van der Waals surface area contributed by atoms with Crippen molar-refractivity contribution < 1.29 is 4.74 Å². The van der Waals surface area contributed by atoms with E-state index in [-0.39, 0.29) is 0 Å². The van der Waals surface area contributed by atoms with Crippen LogP contribution in [0.25, 0.3) is 0 Å². The molecule has 4 heteroatoms. The molecule has 1 N–H and O–H groups in total. The number of ether oxygens (including phenoxy) is 1. The molecule has 0 amide bonds. The van der Waals surface area contributed by atoms with Gasteiger partial charge in [-0.05, 0) is 13.5 Å². The summed E-state index contributed by atoms with van der Waals surface area (Å²) in [5, 5.41) is 6.52. The van der Waals surface area contributed by atoms with E-state index in [1.165, 1.54) is 5.01 Å². The van der Waals surface area contributed by atoms with Gasteiger partial charge >= 0.3 is 0 Å². The Morgan fingerprint density at radius 2 is 2.69 bits per heavy atom. The summed E-state index contributed by atoms with van der Waals surface area (Å²) in [6, 6.07) is 0.377. The van der Waals surface area contributed by atoms with Crippen molar-refractivity contribution in [2.24, 2.45) is 5.92 Å². The standard InChI is InChI=1S/C9H14N2OS/c1-10-8(7-2-4-12-6-7)9-11-3-5-13-9/h3,5,7-8,10H,2,4,6H2,1H3. The molecule has 2 heterocycles. The summed E-state index contributed by atoms with van der Waals surface area (Å²) >= 11 is 1.71. The van der Waals surface area contributed by atoms with Gasteiger partial charge in [-0.25, -0.2) is 4.98 Å². The van der Waals surface area contributed by atoms with E-state index in [0.29, 0.717) is 12.0 Å². The van der Waals surface area contributed by atoms with E-state index in [2.05, 4.69) is 10.3 Å². The highest BCUT2D eigenvalue weighted by Crippen LogP contribution is 2.29. The highest BCUT2D eigenvalue weighted by atomic mass is 32.1. The Labute approximate surface area is 82.1 Å². The first-order valence-corrected chi connectivity index (χ1v) is 5.44. The molecule has 0 bridgehead atoms. The van der Waals surface area contributed by atoms with Crippen molar-refractivity contribution in [2.45, 2.75) is 12.5 Å². The third-order valence-corrected chi connectivity index (χ3v) is 3.32. The largest absolute Gasteiger partial charge is 0.381 e. The van der Waals surface area contributed by atoms with Crippen molar-refractivity contribution in [1.29, 1.82) is 0 Å². The second kappa shape index (κ2) is 4.17. The lowest BCUT2D eigenvalue weighted by atomic mass is 10.00. The average Bonchev–Trinajstić information content (AvgIpc) is 2.76. The van der Waals surface area contributed by atoms with Gasteiger partial charge in [0.1, 0.15) is 5.01 Å². The third-order valence-electron chi connectivity index (χ3n) is 2.46. The number of hydrogen-bond acceptors (Lipinski definition) is 4. The van der Waals surface area contributed by atoms with Crippen molar-refractivity contribution in [1.82, 2.24) is 10.3 Å². The first-order chi connectivity index (χ1) is 6.42. The minimum absolute atomic E-state index is 0.377. The molecule has 2 rings (SSSR count). The molecule has 0 aliphatic carbocycles. The predicted octanol–water partition coefficient (Wildman–Crippen LogP) is 1.44. The summed E-state index contributed by atoms with van der Waals surface area (Å²) in [6.45, 7) is 1.76. The van der Waals surface area contributed by atoms with Crippen LogP contribution in [0.1, 0.15) is 17.5 Å². The molecule has 0 saturated carbocycles. The molecule has 0 radical (unpaired) electrons. The van der Waals surface area contributed by atoms with Gasteiger partial charge in [-0.1, -0.05) is 0 Å². The van der Waals surface area contributed by atoms with Gasteiger partial charge in [0, 0.05) is 24.1 Å². The Kier molecular flexibility index (Phi) is 2.93. The van der Waals surface area contributed by atoms with Crippen LogP contribution in [0.3, 0.4) is 0 Å². The summed E-state index contributed by atoms with van der Waals surface area (Å²) < 4.78 is 5.37. The van der Waals surface area contributed by atoms with E-state index in [9.17, 15) is 0 Å². The molecule has 1 aliphatic rings. The predicted molar refractivity (Wildman–Crippen MR) is 52.8 cm³/mol. The summed E-state index contributed by atoms with van der Waals surface area (Å²) in [4.78, 5) is 4.33. The van der Waals surface area contributed by atoms with Gasteiger partial charge in [-0.2, -0.15) is 0 Å². The van der Waals surface area contributed by atoms with Crippen molar-refractivity contribution in [3.63, 3.8) is 0 Å². The maximum Gasteiger partial charge on any atom is 0.110 e. The normalized spacial score (nSPS) is 24.8. The fourth-order valence-corrected chi connectivity index (χ4v) is 2.60. The minimum atomic E-state index is 0.377. The van der Waals surface area contributed by atoms with Crippen LogP contribution in [0, 0.1) is 5.92 Å². The van der Waals surface area contributed by atoms with E-state index < -0.39 is 0 Å². The zero-order chi connectivity index (χ0) is 9.10. The van der Waals surface area contributed by atoms with Gasteiger partial charge in [0.15, 0.2) is 0 Å². The minimum Gasteiger partial charge on any atom is -0.381 e. The van der Waals surface area contributed by atoms with Gasteiger partial charge in [-0.3, -0.25) is 0 Å². The van der Waals surface area contributed by atoms with E-state index >= 15 is 0 Å². The first kappa shape index (κ1) is 9.12. The Bertz CT molecular complexity index is 244. The molecule has 0 aromatic carbocycles. The molecule has 2 atom stereocenters. The fourth-order valence-electron chi connectivity index (χ4n) is 1.76. The number of nitrogens with zero attached hydrogens (tertiary/aromatic N) is 1. The lowest BCUT2D eigenvalue weighted by Crippen LogP contribution is -2.25. The SMILES string of the molecule is CNC(c1nccs1)C1CCOC1. The van der Waals surface area contributed by atoms with Crippen molar-refractivity contribution >= 4 is 11.3 Å². The van der Waals surface area contributed by atoms with Gasteiger partial charge < -0.3 is 10.1 Å². The summed E-state index contributed by atoms with van der Waals surface area (Å²) in [6.07, 6.45) is 3.01. The number of thiazole rings is 1. The summed E-state index contributed by atoms with van der Waals surface area (Å²) in [5.41, 5.74) is 0. The zero-order valence-electron chi connectivity index (χ0n) is 7.69. The molecule has 1 aromatic rings. The van der Waals surface area contributed by atoms with Crippen LogP contribution in [0.4, 0.5) is 0 Å². The van der Waals surface area contributed by atoms with Crippen molar-refractivity contribution in [3.05, 3.63) is 16.6 Å². The molecule has 1 aliphatic heterocycles. The van der Waals surface area contributed by atoms with Crippen LogP contribution < -0.4 is 5.32 Å². The smallest absolute Gasteiger partial charge is 0.110 e. The first-order valence-electron chi connectivity index (χ1n) is 4.56. The molecule has 1 fully saturated rings. The molecule has 2 unspecified atom stereocenters. The van der Waals surface area contributed by atoms with Gasteiger partial charge in [0.05, 0.1) is 12.6 Å². The number of rotatable bonds is 3. The molecule has 72 valence electrons. The number of hydrogen-bond donors (Lipinski definition) is 1. The average molecular weight is 198 g/mol. The van der Waals surface area contributed by atoms with Gasteiger partial charge in [0.25, 0.3) is 0 Å². The van der Waals surface area contributed by atoms with E-state index in [4.69, 9.17) is 4.74 Å². The second-order valence-electron chi connectivity index (χ2n) is 3.26. The van der Waals surface area contributed by atoms with Crippen LogP contribution in [-0.4, -0.2) is 25.2 Å². The second-order valence-corrected chi connectivity index (χ2v) is 4.19. The van der Waals surface area contributed by atoms with Gasteiger partial charge in [0.2, 0.25) is 0 Å². The van der Waals surface area contributed by atoms with Crippen LogP contribution in [0.5, 0.6) is 0 Å². The Balaban J connectivity index is 2.08. The molecular formula is C9H14N2OS. The van der Waals surface area contributed by atoms with E-state index in [0.717, 1.165) is 19.6 Å². The summed E-state index contributed by atoms with van der Waals surface area (Å²) in [5.74, 6) is 0.594. The number of nitrogens with one attached hydrogen (secondary N) is 1. The highest BCUT2D eigenvalue weighted by Gasteiger charge is 2.27. The lowest BCUT2D eigenvalue weighted by Gasteiger charge is -2.18. The zero-order valence-corrected chi connectivity index (χ0v) is 8.51. The van der Waals surface area contributed by atoms with Crippen LogP contribution >= 0.6 is 11.3 Å². The maximum atomic E-state index is 5.37. The van der Waals surface area contributed by atoms with E-state index in [1.54, 1.807) is 11.3 Å². The fraction of sp³-hybridized carbons (Fsp3) is 0.667.